The van der Waals surface area contributed by atoms with Crippen LogP contribution in [0.4, 0.5) is 0 Å². The van der Waals surface area contributed by atoms with Gasteiger partial charge in [0.05, 0.1) is 6.61 Å². The van der Waals surface area contributed by atoms with Crippen molar-refractivity contribution in [3.8, 4) is 11.5 Å². The summed E-state index contributed by atoms with van der Waals surface area (Å²) in [6.07, 6.45) is -13.1. The number of aliphatic hydroxyl groups is 6. The average Bonchev–Trinajstić information content (AvgIpc) is 2.79. The minimum atomic E-state index is -1.63. The highest BCUT2D eigenvalue weighted by Gasteiger charge is 2.47. The van der Waals surface area contributed by atoms with Crippen molar-refractivity contribution < 1.29 is 49.6 Å². The molecule has 0 aliphatic carbocycles. The maximum absolute atomic E-state index is 10.9. The molecule has 0 saturated carbocycles. The number of ether oxygens (including phenoxy) is 4. The second-order valence-corrected chi connectivity index (χ2v) is 7.34. The van der Waals surface area contributed by atoms with Gasteiger partial charge in [0.1, 0.15) is 66.8 Å². The van der Waals surface area contributed by atoms with Crippen LogP contribution in [0.1, 0.15) is 0 Å². The maximum Gasteiger partial charge on any atom is 0.229 e. The maximum atomic E-state index is 10.9. The second-order valence-electron chi connectivity index (χ2n) is 7.34. The standard InChI is InChI=1S/C18H24N2O12/c21-6-10-12(22)14(24)16(26)18(32-10)30-8-3-1-7(2-4-8)29-17-15(25)13(23)11(20-28)9(31-17)5-19-27/h1-4,9-18,21-26H,5-6H2/t9?,10?,11?,12?,13?,14?,15?,16?,17-,18?/m1/s1. The van der Waals surface area contributed by atoms with Crippen LogP contribution in [0, 0.1) is 9.81 Å². The topological polar surface area (TPSA) is 217 Å². The average molecular weight is 460 g/mol. The minimum Gasteiger partial charge on any atom is -0.462 e. The summed E-state index contributed by atoms with van der Waals surface area (Å²) >= 11 is 0. The lowest BCUT2D eigenvalue weighted by atomic mass is 9.97. The Balaban J connectivity index is 1.64. The highest BCUT2D eigenvalue weighted by Crippen LogP contribution is 2.29. The first-order valence-corrected chi connectivity index (χ1v) is 9.67. The molecule has 0 radical (unpaired) electrons. The van der Waals surface area contributed by atoms with Crippen molar-refractivity contribution in [1.82, 2.24) is 0 Å². The van der Waals surface area contributed by atoms with E-state index in [1.54, 1.807) is 0 Å². The third kappa shape index (κ3) is 5.02. The van der Waals surface area contributed by atoms with Crippen molar-refractivity contribution in [3.63, 3.8) is 0 Å². The fourth-order valence-corrected chi connectivity index (χ4v) is 3.40. The third-order valence-corrected chi connectivity index (χ3v) is 5.22. The smallest absolute Gasteiger partial charge is 0.229 e. The van der Waals surface area contributed by atoms with Gasteiger partial charge in [0.25, 0.3) is 0 Å². The zero-order valence-corrected chi connectivity index (χ0v) is 16.5. The number of nitroso groups, excluding NO2 is 2. The van der Waals surface area contributed by atoms with Gasteiger partial charge in [-0.2, -0.15) is 9.81 Å². The summed E-state index contributed by atoms with van der Waals surface area (Å²) in [5.74, 6) is 0.317. The molecule has 0 aromatic heterocycles. The van der Waals surface area contributed by atoms with E-state index in [2.05, 4.69) is 10.4 Å². The Morgan fingerprint density at radius 2 is 1.25 bits per heavy atom. The first-order chi connectivity index (χ1) is 15.3. The summed E-state index contributed by atoms with van der Waals surface area (Å²) in [5.41, 5.74) is 0. The molecule has 1 aromatic rings. The van der Waals surface area contributed by atoms with Gasteiger partial charge < -0.3 is 49.6 Å². The molecule has 32 heavy (non-hydrogen) atoms. The molecule has 6 N–H and O–H groups in total. The molecule has 2 aliphatic heterocycles. The van der Waals surface area contributed by atoms with Crippen LogP contribution in [0.2, 0.25) is 0 Å². The van der Waals surface area contributed by atoms with Crippen LogP contribution in [-0.4, -0.2) is 105 Å². The lowest BCUT2D eigenvalue weighted by Crippen LogP contribution is -2.60. The molecule has 1 aromatic carbocycles. The van der Waals surface area contributed by atoms with Crippen molar-refractivity contribution in [2.24, 2.45) is 10.4 Å². The molecule has 2 saturated heterocycles. The molecular formula is C18H24N2O12. The second kappa shape index (κ2) is 10.5. The van der Waals surface area contributed by atoms with Gasteiger partial charge in [-0.15, -0.1) is 0 Å². The highest BCUT2D eigenvalue weighted by molar-refractivity contribution is 5.31. The third-order valence-electron chi connectivity index (χ3n) is 5.22. The molecule has 9 unspecified atom stereocenters. The Bertz CT molecular complexity index is 765. The van der Waals surface area contributed by atoms with Gasteiger partial charge >= 0.3 is 0 Å². The van der Waals surface area contributed by atoms with Crippen molar-refractivity contribution in [2.45, 2.75) is 61.3 Å². The highest BCUT2D eigenvalue weighted by atomic mass is 16.7. The van der Waals surface area contributed by atoms with Crippen LogP contribution in [0.5, 0.6) is 11.5 Å². The zero-order chi connectivity index (χ0) is 23.4. The van der Waals surface area contributed by atoms with E-state index < -0.39 is 74.5 Å². The number of benzene rings is 1. The molecule has 0 bridgehead atoms. The summed E-state index contributed by atoms with van der Waals surface area (Å²) < 4.78 is 21.5. The van der Waals surface area contributed by atoms with E-state index in [1.165, 1.54) is 24.3 Å². The van der Waals surface area contributed by atoms with E-state index in [1.807, 2.05) is 0 Å². The molecule has 0 spiro atoms. The Morgan fingerprint density at radius 3 is 1.72 bits per heavy atom. The van der Waals surface area contributed by atoms with E-state index in [0.29, 0.717) is 0 Å². The summed E-state index contributed by atoms with van der Waals surface area (Å²) in [7, 11) is 0. The first-order valence-electron chi connectivity index (χ1n) is 9.67. The Hall–Kier alpha value is -2.30. The van der Waals surface area contributed by atoms with Gasteiger partial charge in [0.2, 0.25) is 12.6 Å². The molecule has 10 atom stereocenters. The predicted molar refractivity (Wildman–Crippen MR) is 102 cm³/mol. The SMILES string of the molecule is O=NCC1O[C@@H](Oc2ccc(OC3OC(CO)C(O)C(O)C3O)cc2)C(O)C(O)C1N=O. The van der Waals surface area contributed by atoms with Crippen LogP contribution in [0.15, 0.2) is 34.6 Å². The normalized spacial score (nSPS) is 39.8. The van der Waals surface area contributed by atoms with E-state index in [9.17, 15) is 40.5 Å². The summed E-state index contributed by atoms with van der Waals surface area (Å²) in [4.78, 5) is 21.4. The monoisotopic (exact) mass is 460 g/mol. The molecule has 2 heterocycles. The fraction of sp³-hybridized carbons (Fsp3) is 0.667. The van der Waals surface area contributed by atoms with Gasteiger partial charge in [-0.05, 0) is 24.3 Å². The quantitative estimate of drug-likeness (QED) is 0.224. The Labute approximate surface area is 180 Å². The molecule has 14 nitrogen and oxygen atoms in total. The molecule has 0 amide bonds. The van der Waals surface area contributed by atoms with Crippen molar-refractivity contribution in [1.29, 1.82) is 0 Å². The minimum absolute atomic E-state index is 0.151. The number of nitrogens with zero attached hydrogens (tertiary/aromatic N) is 2. The lowest BCUT2D eigenvalue weighted by molar-refractivity contribution is -0.277. The van der Waals surface area contributed by atoms with Gasteiger partial charge in [0.15, 0.2) is 0 Å². The van der Waals surface area contributed by atoms with Crippen molar-refractivity contribution in [2.75, 3.05) is 13.2 Å². The van der Waals surface area contributed by atoms with Crippen molar-refractivity contribution >= 4 is 0 Å². The molecule has 14 heteroatoms. The first kappa shape index (κ1) is 24.3. The number of hydrogen-bond donors (Lipinski definition) is 6. The van der Waals surface area contributed by atoms with Crippen LogP contribution < -0.4 is 9.47 Å². The predicted octanol–water partition coefficient (Wildman–Crippen LogP) is -2.41. The molecule has 178 valence electrons. The van der Waals surface area contributed by atoms with Gasteiger partial charge in [-0.25, -0.2) is 0 Å². The van der Waals surface area contributed by atoms with Crippen LogP contribution in [0.25, 0.3) is 0 Å². The molecule has 3 rings (SSSR count). The van der Waals surface area contributed by atoms with E-state index in [4.69, 9.17) is 18.9 Å². The van der Waals surface area contributed by atoms with Crippen LogP contribution in [-0.2, 0) is 9.47 Å². The molecule has 2 fully saturated rings. The van der Waals surface area contributed by atoms with Crippen LogP contribution >= 0.6 is 0 Å². The Kier molecular flexibility index (Phi) is 8.02. The van der Waals surface area contributed by atoms with Gasteiger partial charge in [-0.1, -0.05) is 10.4 Å². The Morgan fingerprint density at radius 1 is 0.750 bits per heavy atom. The summed E-state index contributed by atoms with van der Waals surface area (Å²) in [6.45, 7) is -1.08. The van der Waals surface area contributed by atoms with E-state index in [0.717, 1.165) is 0 Å². The lowest BCUT2D eigenvalue weighted by Gasteiger charge is -2.39. The van der Waals surface area contributed by atoms with Crippen molar-refractivity contribution in [3.05, 3.63) is 34.1 Å². The van der Waals surface area contributed by atoms with E-state index in [-0.39, 0.29) is 11.5 Å². The number of aliphatic hydroxyl groups excluding tert-OH is 6. The number of hydrogen-bond acceptors (Lipinski definition) is 14. The number of rotatable bonds is 8. The van der Waals surface area contributed by atoms with Crippen LogP contribution in [0.3, 0.4) is 0 Å². The molecule has 2 aliphatic rings. The fourth-order valence-electron chi connectivity index (χ4n) is 3.40. The summed E-state index contributed by atoms with van der Waals surface area (Å²) in [6, 6.07) is 4.17. The largest absolute Gasteiger partial charge is 0.462 e. The van der Waals surface area contributed by atoms with Gasteiger partial charge in [-0.3, -0.25) is 0 Å². The zero-order valence-electron chi connectivity index (χ0n) is 16.5. The van der Waals surface area contributed by atoms with Gasteiger partial charge in [0, 0.05) is 0 Å². The van der Waals surface area contributed by atoms with E-state index >= 15 is 0 Å². The summed E-state index contributed by atoms with van der Waals surface area (Å²) in [5, 5.41) is 64.4. The molecular weight excluding hydrogens is 436 g/mol.